The summed E-state index contributed by atoms with van der Waals surface area (Å²) in [6.45, 7) is 22.0. The van der Waals surface area contributed by atoms with Crippen LogP contribution in [0.25, 0.3) is 0 Å². The van der Waals surface area contributed by atoms with Gasteiger partial charge in [0.1, 0.15) is 11.7 Å². The van der Waals surface area contributed by atoms with Crippen molar-refractivity contribution in [3.8, 4) is 0 Å². The summed E-state index contributed by atoms with van der Waals surface area (Å²) in [7, 11) is 0. The highest BCUT2D eigenvalue weighted by atomic mass is 16.6. The second-order valence-electron chi connectivity index (χ2n) is 19.7. The molecule has 7 heteroatoms. The summed E-state index contributed by atoms with van der Waals surface area (Å²) in [5, 5.41) is 23.2. The van der Waals surface area contributed by atoms with Crippen LogP contribution in [0.4, 0.5) is 0 Å². The lowest BCUT2D eigenvalue weighted by molar-refractivity contribution is -0.494. The van der Waals surface area contributed by atoms with E-state index < -0.39 is 28.6 Å². The Labute approximate surface area is 294 Å². The van der Waals surface area contributed by atoms with E-state index in [0.29, 0.717) is 18.3 Å². The third-order valence-corrected chi connectivity index (χ3v) is 15.5. The van der Waals surface area contributed by atoms with E-state index in [1.165, 1.54) is 11.1 Å². The van der Waals surface area contributed by atoms with E-state index >= 15 is 0 Å². The largest absolute Gasteiger partial charge is 0.460 e. The molecule has 7 nitrogen and oxygen atoms in total. The van der Waals surface area contributed by atoms with Crippen LogP contribution in [-0.2, 0) is 14.3 Å². The quantitative estimate of drug-likeness (QED) is 0.171. The van der Waals surface area contributed by atoms with Crippen molar-refractivity contribution in [1.29, 1.82) is 0 Å². The zero-order valence-corrected chi connectivity index (χ0v) is 32.0. The van der Waals surface area contributed by atoms with Gasteiger partial charge in [0.2, 0.25) is 6.54 Å². The molecule has 6 aliphatic carbocycles. The molecule has 0 heterocycles. The predicted molar refractivity (Wildman–Crippen MR) is 192 cm³/mol. The van der Waals surface area contributed by atoms with Gasteiger partial charge in [-0.15, -0.1) is 0 Å². The highest BCUT2D eigenvalue weighted by Gasteiger charge is 2.70. The van der Waals surface area contributed by atoms with Crippen LogP contribution in [0.5, 0.6) is 0 Å². The summed E-state index contributed by atoms with van der Waals surface area (Å²) >= 11 is 0. The Morgan fingerprint density at radius 2 is 1.69 bits per heavy atom. The van der Waals surface area contributed by atoms with Gasteiger partial charge in [0.05, 0.1) is 5.92 Å². The number of hydrogen-bond donors (Lipinski definition) is 1. The summed E-state index contributed by atoms with van der Waals surface area (Å²) in [6, 6.07) is 0. The van der Waals surface area contributed by atoms with Crippen LogP contribution in [-0.4, -0.2) is 40.0 Å². The lowest BCUT2D eigenvalue weighted by Crippen LogP contribution is -2.64. The minimum Gasteiger partial charge on any atom is -0.460 e. The summed E-state index contributed by atoms with van der Waals surface area (Å²) in [6.07, 6.45) is 13.4. The zero-order valence-electron chi connectivity index (χ0n) is 32.0. The van der Waals surface area contributed by atoms with Crippen LogP contribution >= 0.6 is 0 Å². The molecular weight excluding hydrogens is 614 g/mol. The zero-order chi connectivity index (χ0) is 36.1. The van der Waals surface area contributed by atoms with Crippen molar-refractivity contribution in [1.82, 2.24) is 0 Å². The molecule has 49 heavy (non-hydrogen) atoms. The number of Topliss-reactive ketones (excluding diaryl/α,β-unsaturated/α-hetero) is 1. The minimum atomic E-state index is -1.14. The average molecular weight is 678 g/mol. The van der Waals surface area contributed by atoms with Gasteiger partial charge >= 0.3 is 5.97 Å². The molecule has 272 valence electrons. The van der Waals surface area contributed by atoms with Gasteiger partial charge < -0.3 is 9.84 Å². The lowest BCUT2D eigenvalue weighted by Gasteiger charge is -2.71. The normalized spacial score (nSPS) is 40.8. The molecule has 9 atom stereocenters. The summed E-state index contributed by atoms with van der Waals surface area (Å²) in [5.41, 5.74) is 3.73. The molecule has 1 N–H and O–H groups in total. The molecule has 0 spiro atoms. The number of esters is 1. The molecular formula is C42H63NO6. The summed E-state index contributed by atoms with van der Waals surface area (Å²) < 4.78 is 5.72. The van der Waals surface area contributed by atoms with Crippen molar-refractivity contribution in [2.45, 2.75) is 152 Å². The Bertz CT molecular complexity index is 1510. The van der Waals surface area contributed by atoms with Gasteiger partial charge in [-0.05, 0) is 147 Å². The first-order chi connectivity index (χ1) is 22.6. The van der Waals surface area contributed by atoms with Crippen molar-refractivity contribution < 1.29 is 24.4 Å². The maximum Gasteiger partial charge on any atom is 0.309 e. The van der Waals surface area contributed by atoms with Crippen molar-refractivity contribution >= 4 is 11.8 Å². The third-order valence-electron chi connectivity index (χ3n) is 15.5. The molecule has 0 aromatic carbocycles. The fourth-order valence-corrected chi connectivity index (χ4v) is 13.2. The van der Waals surface area contributed by atoms with Gasteiger partial charge in [0.25, 0.3) is 0 Å². The average Bonchev–Trinajstić information content (AvgIpc) is 3.29. The highest BCUT2D eigenvalue weighted by molar-refractivity contribution is 6.00. The van der Waals surface area contributed by atoms with Gasteiger partial charge in [-0.1, -0.05) is 66.2 Å². The Morgan fingerprint density at radius 3 is 2.29 bits per heavy atom. The van der Waals surface area contributed by atoms with E-state index in [2.05, 4.69) is 60.6 Å². The van der Waals surface area contributed by atoms with Gasteiger partial charge in [-0.25, -0.2) is 0 Å². The smallest absolute Gasteiger partial charge is 0.309 e. The number of carbonyl (C=O) groups is 2. The number of carbonyl (C=O) groups excluding carboxylic acids is 2. The number of nitrogens with zero attached hydrogens (tertiary/aromatic N) is 1. The molecule has 0 radical (unpaired) electrons. The van der Waals surface area contributed by atoms with Gasteiger partial charge in [0, 0.05) is 16.8 Å². The summed E-state index contributed by atoms with van der Waals surface area (Å²) in [5.74, 6) is 1.19. The van der Waals surface area contributed by atoms with E-state index in [1.54, 1.807) is 0 Å². The minimum absolute atomic E-state index is 0.0102. The molecule has 3 fully saturated rings. The number of ketones is 1. The van der Waals surface area contributed by atoms with Crippen molar-refractivity contribution in [3.63, 3.8) is 0 Å². The standard InChI is InChI=1S/C42H63NO6/c1-25(2)34-30(44)23-42(33(45)24-43(47)48)22-21-40(9)29(35(34)42)15-16-32-39(8)19-17-28(38(6,7)31(39)18-20-41(32,40)10)26-11-13-27(14-12-26)36(46)49-37(3,4)5/h11,17,25,27,29,31-33,45H,12-16,18-24H2,1-10H3/t27?,29-,31+,32-,33+,39+,40-,41-,42+/m1/s1. The van der Waals surface area contributed by atoms with Crippen LogP contribution < -0.4 is 0 Å². The molecule has 0 bridgehead atoms. The number of allylic oxidation sites excluding steroid dienone is 5. The monoisotopic (exact) mass is 677 g/mol. The number of rotatable bonds is 6. The second kappa shape index (κ2) is 11.9. The molecule has 1 unspecified atom stereocenters. The van der Waals surface area contributed by atoms with Crippen LogP contribution in [0.3, 0.4) is 0 Å². The second-order valence-corrected chi connectivity index (χ2v) is 19.7. The molecule has 0 aliphatic heterocycles. The highest BCUT2D eigenvalue weighted by Crippen LogP contribution is 2.77. The van der Waals surface area contributed by atoms with Crippen molar-refractivity contribution in [2.24, 2.45) is 56.7 Å². The molecule has 6 aliphatic rings. The molecule has 0 amide bonds. The number of ether oxygens (including phenoxy) is 1. The number of fused-ring (bicyclic) bond motifs is 7. The Kier molecular flexibility index (Phi) is 8.85. The van der Waals surface area contributed by atoms with Crippen LogP contribution in [0.15, 0.2) is 34.4 Å². The number of aliphatic hydroxyl groups is 1. The first kappa shape index (κ1) is 36.5. The maximum absolute atomic E-state index is 13.7. The number of nitro groups is 1. The topological polar surface area (TPSA) is 107 Å². The van der Waals surface area contributed by atoms with Crippen molar-refractivity contribution in [2.75, 3.05) is 6.54 Å². The fourth-order valence-electron chi connectivity index (χ4n) is 13.2. The van der Waals surface area contributed by atoms with Crippen LogP contribution in [0, 0.1) is 66.8 Å². The maximum atomic E-state index is 13.7. The van der Waals surface area contributed by atoms with E-state index in [1.807, 2.05) is 20.8 Å². The molecule has 3 saturated carbocycles. The SMILES string of the molecule is CC(C)C1=C2[C@H]3CC[C@@H]4[C@@]5(C)CC=C(C6=CCC(C(=O)OC(C)(C)C)CC6)C(C)(C)[C@@H]5CC[C@@]4(C)[C@]3(C)CC[C@@]2([C@@H](O)C[N+](=O)[O-])CC1=O. The van der Waals surface area contributed by atoms with E-state index in [9.17, 15) is 24.8 Å². The summed E-state index contributed by atoms with van der Waals surface area (Å²) in [4.78, 5) is 37.8. The third kappa shape index (κ3) is 5.44. The molecule has 6 rings (SSSR count). The van der Waals surface area contributed by atoms with E-state index in [0.717, 1.165) is 68.9 Å². The van der Waals surface area contributed by atoms with Gasteiger partial charge in [0.15, 0.2) is 5.78 Å². The Balaban J connectivity index is 1.31. The first-order valence-corrected chi connectivity index (χ1v) is 19.3. The lowest BCUT2D eigenvalue weighted by atomic mass is 9.33. The van der Waals surface area contributed by atoms with E-state index in [4.69, 9.17) is 4.74 Å². The Hall–Kier alpha value is -2.28. The first-order valence-electron chi connectivity index (χ1n) is 19.3. The van der Waals surface area contributed by atoms with Gasteiger partial charge in [-0.3, -0.25) is 19.7 Å². The van der Waals surface area contributed by atoms with Crippen LogP contribution in [0.1, 0.15) is 140 Å². The fraction of sp³-hybridized carbons (Fsp3) is 0.810. The molecule has 0 aromatic rings. The number of hydrogen-bond acceptors (Lipinski definition) is 6. The van der Waals surface area contributed by atoms with Crippen LogP contribution in [0.2, 0.25) is 0 Å². The van der Waals surface area contributed by atoms with Gasteiger partial charge in [-0.2, -0.15) is 0 Å². The predicted octanol–water partition coefficient (Wildman–Crippen LogP) is 9.21. The van der Waals surface area contributed by atoms with E-state index in [-0.39, 0.29) is 57.6 Å². The number of aliphatic hydroxyl groups excluding tert-OH is 1. The van der Waals surface area contributed by atoms with Crippen molar-refractivity contribution in [3.05, 3.63) is 44.6 Å². The Morgan fingerprint density at radius 1 is 1.00 bits per heavy atom. The molecule has 0 saturated heterocycles. The molecule has 0 aromatic heterocycles.